The van der Waals surface area contributed by atoms with E-state index in [4.69, 9.17) is 14.8 Å². The highest BCUT2D eigenvalue weighted by atomic mass is 32.2. The highest BCUT2D eigenvalue weighted by molar-refractivity contribution is 7.85. The average Bonchev–Trinajstić information content (AvgIpc) is 2.37. The maximum absolute atomic E-state index is 10.4. The Kier molecular flexibility index (Phi) is 8.17. The summed E-state index contributed by atoms with van der Waals surface area (Å²) in [5.74, 6) is -1.38. The van der Waals surface area contributed by atoms with Gasteiger partial charge in [-0.2, -0.15) is 8.42 Å². The van der Waals surface area contributed by atoms with Crippen molar-refractivity contribution in [1.29, 1.82) is 0 Å². The van der Waals surface area contributed by atoms with E-state index < -0.39 is 22.3 Å². The SMILES string of the molecule is C[N+](C)(C)C(O)C(=O)O.O=S(=O)(O)CCC[n+]1ccccc1. The van der Waals surface area contributed by atoms with E-state index in [0.29, 0.717) is 13.0 Å². The van der Waals surface area contributed by atoms with Gasteiger partial charge in [0.15, 0.2) is 12.4 Å². The standard InChI is InChI=1S/C8H11NO3S.C5H11NO3/c10-13(11,12)8-4-7-9-5-2-1-3-6-9;1-6(2,3)4(7)5(8)9/h1-3,5-6H,4,7-8H2;4,7H,1-3H3/p+2. The molecule has 1 aromatic heterocycles. The third-order valence-electron chi connectivity index (χ3n) is 2.55. The maximum Gasteiger partial charge on any atom is 0.392 e. The molecular formula is C13H24N2O6S+2. The van der Waals surface area contributed by atoms with Crippen molar-refractivity contribution < 1.29 is 37.0 Å². The lowest BCUT2D eigenvalue weighted by Crippen LogP contribution is -2.49. The molecule has 0 radical (unpaired) electrons. The number of carbonyl (C=O) groups is 1. The number of aromatic nitrogens is 1. The van der Waals surface area contributed by atoms with Gasteiger partial charge in [-0.1, -0.05) is 6.07 Å². The van der Waals surface area contributed by atoms with Crippen molar-refractivity contribution in [3.8, 4) is 0 Å². The number of carboxylic acid groups (broad SMARTS) is 1. The minimum Gasteiger partial charge on any atom is -0.475 e. The second kappa shape index (κ2) is 8.79. The summed E-state index contributed by atoms with van der Waals surface area (Å²) in [6, 6.07) is 5.63. The van der Waals surface area contributed by atoms with Crippen molar-refractivity contribution in [2.75, 3.05) is 26.9 Å². The molecule has 126 valence electrons. The monoisotopic (exact) mass is 336 g/mol. The Labute approximate surface area is 130 Å². The van der Waals surface area contributed by atoms with Gasteiger partial charge < -0.3 is 10.2 Å². The van der Waals surface area contributed by atoms with Crippen molar-refractivity contribution in [2.24, 2.45) is 0 Å². The van der Waals surface area contributed by atoms with Crippen LogP contribution in [0.15, 0.2) is 30.6 Å². The molecule has 0 bridgehead atoms. The number of aliphatic carboxylic acids is 1. The first-order valence-electron chi connectivity index (χ1n) is 6.54. The Balaban J connectivity index is 0.000000433. The number of aliphatic hydroxyl groups excluding tert-OH is 1. The van der Waals surface area contributed by atoms with Crippen LogP contribution in [0, 0.1) is 0 Å². The van der Waals surface area contributed by atoms with Gasteiger partial charge in [0, 0.05) is 18.6 Å². The largest absolute Gasteiger partial charge is 0.475 e. The molecule has 22 heavy (non-hydrogen) atoms. The number of aryl methyl sites for hydroxylation is 1. The number of likely N-dealkylation sites (N-methyl/N-ethyl adjacent to an activating group) is 1. The van der Waals surface area contributed by atoms with Crippen LogP contribution in [0.3, 0.4) is 0 Å². The highest BCUT2D eigenvalue weighted by Gasteiger charge is 2.27. The van der Waals surface area contributed by atoms with Gasteiger partial charge >= 0.3 is 5.97 Å². The van der Waals surface area contributed by atoms with Crippen LogP contribution in [0.4, 0.5) is 0 Å². The van der Waals surface area contributed by atoms with Crippen molar-refractivity contribution in [3.63, 3.8) is 0 Å². The van der Waals surface area contributed by atoms with Crippen LogP contribution >= 0.6 is 0 Å². The van der Waals surface area contributed by atoms with Gasteiger partial charge in [-0.15, -0.1) is 0 Å². The van der Waals surface area contributed by atoms with Gasteiger partial charge in [-0.25, -0.2) is 9.36 Å². The first kappa shape index (κ1) is 20.5. The summed E-state index contributed by atoms with van der Waals surface area (Å²) in [4.78, 5) is 10.1. The Morgan fingerprint density at radius 2 is 1.68 bits per heavy atom. The summed E-state index contributed by atoms with van der Waals surface area (Å²) in [6.07, 6.45) is 2.80. The van der Waals surface area contributed by atoms with Gasteiger partial charge in [0.05, 0.1) is 26.9 Å². The lowest BCUT2D eigenvalue weighted by Gasteiger charge is -2.26. The van der Waals surface area contributed by atoms with Gasteiger partial charge in [0.1, 0.15) is 6.54 Å². The molecule has 0 aliphatic rings. The van der Waals surface area contributed by atoms with Crippen LogP contribution in [0.2, 0.25) is 0 Å². The molecule has 0 saturated heterocycles. The summed E-state index contributed by atoms with van der Waals surface area (Å²) in [7, 11) is 1.02. The molecule has 8 nitrogen and oxygen atoms in total. The van der Waals surface area contributed by atoms with Gasteiger partial charge in [0.25, 0.3) is 16.3 Å². The third kappa shape index (κ3) is 10.2. The zero-order valence-electron chi connectivity index (χ0n) is 13.0. The van der Waals surface area contributed by atoms with Crippen LogP contribution < -0.4 is 4.57 Å². The summed E-state index contributed by atoms with van der Waals surface area (Å²) in [6.45, 7) is 0.598. The second-order valence-electron chi connectivity index (χ2n) is 5.58. The topological polar surface area (TPSA) is 116 Å². The molecule has 1 heterocycles. The fourth-order valence-electron chi connectivity index (χ4n) is 1.34. The lowest BCUT2D eigenvalue weighted by atomic mass is 10.4. The van der Waals surface area contributed by atoms with Crippen LogP contribution in [0.5, 0.6) is 0 Å². The Morgan fingerprint density at radius 3 is 2.00 bits per heavy atom. The van der Waals surface area contributed by atoms with Crippen LogP contribution in [-0.2, 0) is 21.5 Å². The molecule has 0 aliphatic heterocycles. The molecule has 0 aromatic carbocycles. The lowest BCUT2D eigenvalue weighted by molar-refractivity contribution is -0.908. The van der Waals surface area contributed by atoms with Crippen molar-refractivity contribution in [1.82, 2.24) is 0 Å². The predicted octanol–water partition coefficient (Wildman–Crippen LogP) is -0.652. The Hall–Kier alpha value is -1.55. The van der Waals surface area contributed by atoms with Gasteiger partial charge in [0.2, 0.25) is 0 Å². The molecular weight excluding hydrogens is 312 g/mol. The molecule has 0 spiro atoms. The number of quaternary nitrogens is 1. The summed E-state index contributed by atoms with van der Waals surface area (Å²) in [5.41, 5.74) is 0. The van der Waals surface area contributed by atoms with E-state index in [-0.39, 0.29) is 10.2 Å². The molecule has 9 heteroatoms. The number of hydrogen-bond acceptors (Lipinski definition) is 4. The molecule has 0 aliphatic carbocycles. The fourth-order valence-corrected chi connectivity index (χ4v) is 1.84. The first-order valence-corrected chi connectivity index (χ1v) is 8.15. The third-order valence-corrected chi connectivity index (χ3v) is 3.36. The van der Waals surface area contributed by atoms with E-state index in [9.17, 15) is 13.2 Å². The van der Waals surface area contributed by atoms with E-state index in [0.717, 1.165) is 0 Å². The zero-order chi connectivity index (χ0) is 17.4. The zero-order valence-corrected chi connectivity index (χ0v) is 13.8. The summed E-state index contributed by atoms with van der Waals surface area (Å²) < 4.78 is 31.1. The maximum atomic E-state index is 10.4. The summed E-state index contributed by atoms with van der Waals surface area (Å²) >= 11 is 0. The van der Waals surface area contributed by atoms with E-state index >= 15 is 0 Å². The minimum absolute atomic E-state index is 0.0231. The fraction of sp³-hybridized carbons (Fsp3) is 0.538. The molecule has 0 saturated carbocycles. The van der Waals surface area contributed by atoms with Crippen molar-refractivity contribution in [3.05, 3.63) is 30.6 Å². The molecule has 0 fully saturated rings. The second-order valence-corrected chi connectivity index (χ2v) is 7.15. The van der Waals surface area contributed by atoms with Crippen molar-refractivity contribution in [2.45, 2.75) is 19.2 Å². The van der Waals surface area contributed by atoms with Crippen molar-refractivity contribution >= 4 is 16.1 Å². The summed E-state index contributed by atoms with van der Waals surface area (Å²) in [5, 5.41) is 17.1. The van der Waals surface area contributed by atoms with Crippen LogP contribution in [0.1, 0.15) is 6.42 Å². The molecule has 3 N–H and O–H groups in total. The normalized spacial score (nSPS) is 13.0. The van der Waals surface area contributed by atoms with Gasteiger partial charge in [-0.05, 0) is 0 Å². The number of rotatable bonds is 6. The van der Waals surface area contributed by atoms with Gasteiger partial charge in [-0.3, -0.25) is 9.04 Å². The van der Waals surface area contributed by atoms with Crippen LogP contribution in [0.25, 0.3) is 0 Å². The van der Waals surface area contributed by atoms with E-state index in [1.54, 1.807) is 21.1 Å². The van der Waals surface area contributed by atoms with E-state index in [1.807, 2.05) is 35.2 Å². The molecule has 0 amide bonds. The number of carboxylic acids is 1. The number of nitrogens with zero attached hydrogens (tertiary/aromatic N) is 2. The minimum atomic E-state index is -3.81. The van der Waals surface area contributed by atoms with E-state index in [2.05, 4.69) is 0 Å². The van der Waals surface area contributed by atoms with E-state index in [1.165, 1.54) is 0 Å². The average molecular weight is 336 g/mol. The molecule has 1 unspecified atom stereocenters. The molecule has 1 aromatic rings. The number of pyridine rings is 1. The Morgan fingerprint density at radius 1 is 1.18 bits per heavy atom. The molecule has 1 atom stereocenters. The predicted molar refractivity (Wildman–Crippen MR) is 79.3 cm³/mol. The first-order chi connectivity index (χ1) is 9.93. The number of hydrogen-bond donors (Lipinski definition) is 3. The van der Waals surface area contributed by atoms with Crippen LogP contribution in [-0.4, -0.2) is 66.8 Å². The molecule has 1 rings (SSSR count). The Bertz CT molecular complexity index is 554. The smallest absolute Gasteiger partial charge is 0.392 e. The quantitative estimate of drug-likeness (QED) is 0.275. The number of aliphatic hydroxyl groups is 1. The highest BCUT2D eigenvalue weighted by Crippen LogP contribution is 1.97.